The minimum Gasteiger partial charge on any atom is -0.308 e. The monoisotopic (exact) mass is 289 g/mol. The predicted octanol–water partition coefficient (Wildman–Crippen LogP) is 4.92. The summed E-state index contributed by atoms with van der Waals surface area (Å²) >= 11 is 14.5. The summed E-state index contributed by atoms with van der Waals surface area (Å²) in [5.41, 5.74) is 1.19. The van der Waals surface area contributed by atoms with E-state index in [0.29, 0.717) is 12.1 Å². The summed E-state index contributed by atoms with van der Waals surface area (Å²) in [7, 11) is 0. The molecule has 1 aromatic rings. The Morgan fingerprint density at radius 2 is 2.00 bits per heavy atom. The van der Waals surface area contributed by atoms with Crippen LogP contribution < -0.4 is 5.32 Å². The lowest BCUT2D eigenvalue weighted by atomic mass is 10.0. The van der Waals surface area contributed by atoms with Crippen LogP contribution in [0.1, 0.15) is 38.3 Å². The molecular weight excluding hydrogens is 273 g/mol. The maximum atomic E-state index is 6.35. The van der Waals surface area contributed by atoms with Gasteiger partial charge in [-0.2, -0.15) is 0 Å². The highest BCUT2D eigenvalue weighted by Gasteiger charge is 2.23. The zero-order chi connectivity index (χ0) is 12.4. The maximum Gasteiger partial charge on any atom is 0.0546 e. The Labute approximate surface area is 117 Å². The Morgan fingerprint density at radius 3 is 2.71 bits per heavy atom. The Balaban J connectivity index is 2.43. The second kappa shape index (κ2) is 5.83. The predicted molar refractivity (Wildman–Crippen MR) is 77.4 cm³/mol. The fourth-order valence-electron chi connectivity index (χ4n) is 2.20. The van der Waals surface area contributed by atoms with Crippen molar-refractivity contribution in [3.8, 4) is 0 Å². The van der Waals surface area contributed by atoms with Crippen molar-refractivity contribution < 1.29 is 0 Å². The Morgan fingerprint density at radius 1 is 1.29 bits per heavy atom. The molecule has 1 nitrogen and oxygen atoms in total. The molecule has 2 rings (SSSR count). The van der Waals surface area contributed by atoms with E-state index in [1.807, 2.05) is 23.9 Å². The number of benzene rings is 1. The fourth-order valence-corrected chi connectivity index (χ4v) is 4.00. The van der Waals surface area contributed by atoms with Gasteiger partial charge < -0.3 is 5.32 Å². The summed E-state index contributed by atoms with van der Waals surface area (Å²) in [5.74, 6) is 1.11. The Bertz CT molecular complexity index is 407. The quantitative estimate of drug-likeness (QED) is 0.829. The molecule has 0 amide bonds. The average Bonchev–Trinajstić information content (AvgIpc) is 2.46. The SMILES string of the molecule is CC(C)NC1CCCSc2c(Cl)ccc(Cl)c21. The summed E-state index contributed by atoms with van der Waals surface area (Å²) < 4.78 is 0. The number of hydrogen-bond donors (Lipinski definition) is 1. The van der Waals surface area contributed by atoms with Gasteiger partial charge in [0.15, 0.2) is 0 Å². The highest BCUT2D eigenvalue weighted by atomic mass is 35.5. The summed E-state index contributed by atoms with van der Waals surface area (Å²) in [6.45, 7) is 4.33. The van der Waals surface area contributed by atoms with E-state index < -0.39 is 0 Å². The molecule has 0 spiro atoms. The molecular formula is C13H17Cl2NS. The number of nitrogens with one attached hydrogen (secondary N) is 1. The van der Waals surface area contributed by atoms with Gasteiger partial charge in [0.25, 0.3) is 0 Å². The van der Waals surface area contributed by atoms with Crippen molar-refractivity contribution >= 4 is 35.0 Å². The number of fused-ring (bicyclic) bond motifs is 1. The van der Waals surface area contributed by atoms with Crippen LogP contribution >= 0.6 is 35.0 Å². The lowest BCUT2D eigenvalue weighted by Gasteiger charge is -2.23. The van der Waals surface area contributed by atoms with Gasteiger partial charge in [0.2, 0.25) is 0 Å². The van der Waals surface area contributed by atoms with E-state index in [1.165, 1.54) is 12.0 Å². The smallest absolute Gasteiger partial charge is 0.0546 e. The van der Waals surface area contributed by atoms with Gasteiger partial charge in [0, 0.05) is 27.6 Å². The van der Waals surface area contributed by atoms with E-state index >= 15 is 0 Å². The second-order valence-electron chi connectivity index (χ2n) is 4.64. The van der Waals surface area contributed by atoms with Crippen LogP contribution in [-0.2, 0) is 0 Å². The molecule has 94 valence electrons. The second-order valence-corrected chi connectivity index (χ2v) is 6.56. The molecule has 1 aliphatic rings. The van der Waals surface area contributed by atoms with Gasteiger partial charge in [-0.05, 0) is 30.7 Å². The molecule has 0 aromatic heterocycles. The summed E-state index contributed by atoms with van der Waals surface area (Å²) in [5, 5.41) is 5.25. The lowest BCUT2D eigenvalue weighted by Crippen LogP contribution is -2.28. The summed E-state index contributed by atoms with van der Waals surface area (Å²) in [6.07, 6.45) is 2.31. The third-order valence-electron chi connectivity index (χ3n) is 2.86. The molecule has 4 heteroatoms. The van der Waals surface area contributed by atoms with Gasteiger partial charge in [-0.15, -0.1) is 11.8 Å². The molecule has 0 aliphatic carbocycles. The van der Waals surface area contributed by atoms with Crippen LogP contribution in [0.15, 0.2) is 17.0 Å². The first-order chi connectivity index (χ1) is 8.09. The van der Waals surface area contributed by atoms with Crippen LogP contribution in [0.25, 0.3) is 0 Å². The zero-order valence-corrected chi connectivity index (χ0v) is 12.4. The van der Waals surface area contributed by atoms with Crippen molar-refractivity contribution in [2.75, 3.05) is 5.75 Å². The van der Waals surface area contributed by atoms with Crippen molar-refractivity contribution in [3.05, 3.63) is 27.7 Å². The number of rotatable bonds is 2. The minimum atomic E-state index is 0.325. The van der Waals surface area contributed by atoms with Gasteiger partial charge in [0.1, 0.15) is 0 Å². The van der Waals surface area contributed by atoms with E-state index in [4.69, 9.17) is 23.2 Å². The van der Waals surface area contributed by atoms with Crippen LogP contribution in [0, 0.1) is 0 Å². The van der Waals surface area contributed by atoms with E-state index in [-0.39, 0.29) is 0 Å². The van der Waals surface area contributed by atoms with Crippen molar-refractivity contribution in [2.24, 2.45) is 0 Å². The first-order valence-electron chi connectivity index (χ1n) is 5.96. The molecule has 17 heavy (non-hydrogen) atoms. The first kappa shape index (κ1) is 13.5. The first-order valence-corrected chi connectivity index (χ1v) is 7.70. The van der Waals surface area contributed by atoms with E-state index in [1.54, 1.807) is 0 Å². The third-order valence-corrected chi connectivity index (χ3v) is 4.84. The van der Waals surface area contributed by atoms with Crippen molar-refractivity contribution in [2.45, 2.75) is 43.7 Å². The van der Waals surface area contributed by atoms with Crippen molar-refractivity contribution in [1.82, 2.24) is 5.32 Å². The van der Waals surface area contributed by atoms with Gasteiger partial charge >= 0.3 is 0 Å². The Kier molecular flexibility index (Phi) is 4.65. The van der Waals surface area contributed by atoms with Gasteiger partial charge in [-0.3, -0.25) is 0 Å². The van der Waals surface area contributed by atoms with Crippen molar-refractivity contribution in [3.63, 3.8) is 0 Å². The Hall–Kier alpha value is 0.110. The van der Waals surface area contributed by atoms with Crippen LogP contribution in [0.3, 0.4) is 0 Å². The average molecular weight is 290 g/mol. The normalized spacial score (nSPS) is 20.2. The molecule has 0 radical (unpaired) electrons. The number of thioether (sulfide) groups is 1. The van der Waals surface area contributed by atoms with Crippen LogP contribution in [0.2, 0.25) is 10.0 Å². The van der Waals surface area contributed by atoms with Gasteiger partial charge in [-0.25, -0.2) is 0 Å². The van der Waals surface area contributed by atoms with Crippen molar-refractivity contribution in [1.29, 1.82) is 0 Å². The molecule has 1 aromatic carbocycles. The van der Waals surface area contributed by atoms with Crippen LogP contribution in [-0.4, -0.2) is 11.8 Å². The highest BCUT2D eigenvalue weighted by molar-refractivity contribution is 7.99. The van der Waals surface area contributed by atoms with Crippen LogP contribution in [0.4, 0.5) is 0 Å². The lowest BCUT2D eigenvalue weighted by molar-refractivity contribution is 0.448. The molecule has 0 saturated carbocycles. The molecule has 1 heterocycles. The minimum absolute atomic E-state index is 0.325. The van der Waals surface area contributed by atoms with Gasteiger partial charge in [-0.1, -0.05) is 37.0 Å². The fraction of sp³-hybridized carbons (Fsp3) is 0.538. The molecule has 0 bridgehead atoms. The highest BCUT2D eigenvalue weighted by Crippen LogP contribution is 2.42. The maximum absolute atomic E-state index is 6.35. The van der Waals surface area contributed by atoms with E-state index in [0.717, 1.165) is 27.1 Å². The summed E-state index contributed by atoms with van der Waals surface area (Å²) in [4.78, 5) is 1.16. The topological polar surface area (TPSA) is 12.0 Å². The molecule has 0 fully saturated rings. The molecule has 1 atom stereocenters. The van der Waals surface area contributed by atoms with E-state index in [2.05, 4.69) is 19.2 Å². The van der Waals surface area contributed by atoms with E-state index in [9.17, 15) is 0 Å². The largest absolute Gasteiger partial charge is 0.308 e. The standard InChI is InChI=1S/C13H17Cl2NS/c1-8(2)16-11-4-3-7-17-13-10(15)6-5-9(14)12(11)13/h5-6,8,11,16H,3-4,7H2,1-2H3. The zero-order valence-electron chi connectivity index (χ0n) is 10.1. The number of hydrogen-bond acceptors (Lipinski definition) is 2. The molecule has 1 aliphatic heterocycles. The van der Waals surface area contributed by atoms with Gasteiger partial charge in [0.05, 0.1) is 5.02 Å². The molecule has 0 saturated heterocycles. The van der Waals surface area contributed by atoms with Crippen LogP contribution in [0.5, 0.6) is 0 Å². The number of halogens is 2. The molecule has 1 unspecified atom stereocenters. The molecule has 1 N–H and O–H groups in total. The third kappa shape index (κ3) is 3.11. The summed E-state index contributed by atoms with van der Waals surface area (Å²) in [6, 6.07) is 4.58.